The zero-order chi connectivity index (χ0) is 32.2. The van der Waals surface area contributed by atoms with E-state index in [0.29, 0.717) is 37.8 Å². The van der Waals surface area contributed by atoms with Crippen molar-refractivity contribution >= 4 is 39.2 Å². The standard InChI is InChI=1S/C36H43ClN2O6S/c1-22-29(24-8-9-24)6-3-7-33(45-23(2)40)30-13-10-27(30)19-39-20-36(16-4-5-25-17-28(37)12-14-31(25)36)21-44-34-15-11-26(18-32(34)39)35(41)38-46(22,42)43/h3,7,11-12,14-15,17-18,22,24,27,29-30,33H,4-6,8-10,13,16,19-21H2,1-2H3,(H,38,41)/b7-3+/t22-,27?,29-,30-,33-,36-/m0/s1. The van der Waals surface area contributed by atoms with Crippen LogP contribution in [0.25, 0.3) is 0 Å². The van der Waals surface area contributed by atoms with Crippen molar-refractivity contribution in [1.29, 1.82) is 0 Å². The van der Waals surface area contributed by atoms with E-state index in [1.807, 2.05) is 18.2 Å². The summed E-state index contributed by atoms with van der Waals surface area (Å²) in [4.78, 5) is 28.2. The smallest absolute Gasteiger partial charge is 0.303 e. The summed E-state index contributed by atoms with van der Waals surface area (Å²) >= 11 is 6.42. The van der Waals surface area contributed by atoms with Crippen LogP contribution in [-0.4, -0.2) is 51.3 Å². The number of halogens is 1. The molecule has 2 heterocycles. The van der Waals surface area contributed by atoms with Crippen LogP contribution in [0.15, 0.2) is 48.6 Å². The molecule has 7 rings (SSSR count). The molecular formula is C36H43ClN2O6S. The number of nitrogens with zero attached hydrogens (tertiary/aromatic N) is 1. The van der Waals surface area contributed by atoms with Gasteiger partial charge in [-0.3, -0.25) is 9.59 Å². The lowest BCUT2D eigenvalue weighted by Gasteiger charge is -2.46. The van der Waals surface area contributed by atoms with Crippen molar-refractivity contribution in [3.8, 4) is 5.75 Å². The maximum Gasteiger partial charge on any atom is 0.303 e. The van der Waals surface area contributed by atoms with Crippen LogP contribution in [0.2, 0.25) is 5.02 Å². The fraction of sp³-hybridized carbons (Fsp3) is 0.556. The largest absolute Gasteiger partial charge is 0.490 e. The molecule has 46 heavy (non-hydrogen) atoms. The molecule has 1 amide bonds. The molecule has 1 N–H and O–H groups in total. The average Bonchev–Trinajstić information content (AvgIpc) is 3.84. The summed E-state index contributed by atoms with van der Waals surface area (Å²) in [5, 5.41) is -0.0329. The summed E-state index contributed by atoms with van der Waals surface area (Å²) in [6, 6.07) is 11.4. The third-order valence-electron chi connectivity index (χ3n) is 11.2. The number of carbonyl (C=O) groups excluding carboxylic acids is 2. The normalized spacial score (nSPS) is 32.9. The zero-order valence-electron chi connectivity index (χ0n) is 26.5. The quantitative estimate of drug-likeness (QED) is 0.301. The summed E-state index contributed by atoms with van der Waals surface area (Å²) in [5.74, 6) is 0.287. The number of carbonyl (C=O) groups is 2. The Balaban J connectivity index is 1.30. The van der Waals surface area contributed by atoms with Crippen LogP contribution in [0.1, 0.15) is 80.3 Å². The number of amides is 1. The van der Waals surface area contributed by atoms with Crippen LogP contribution < -0.4 is 14.4 Å². The molecule has 2 aromatic rings. The van der Waals surface area contributed by atoms with Crippen molar-refractivity contribution in [3.63, 3.8) is 0 Å². The first-order chi connectivity index (χ1) is 22.0. The van der Waals surface area contributed by atoms with Crippen molar-refractivity contribution < 1.29 is 27.5 Å². The van der Waals surface area contributed by atoms with Crippen molar-refractivity contribution in [1.82, 2.24) is 4.72 Å². The summed E-state index contributed by atoms with van der Waals surface area (Å²) in [5.41, 5.74) is 3.27. The van der Waals surface area contributed by atoms with Gasteiger partial charge in [-0.2, -0.15) is 0 Å². The van der Waals surface area contributed by atoms with Gasteiger partial charge in [-0.1, -0.05) is 23.7 Å². The summed E-state index contributed by atoms with van der Waals surface area (Å²) < 4.78 is 42.1. The molecule has 2 bridgehead atoms. The Labute approximate surface area is 276 Å². The second-order valence-corrected chi connectivity index (χ2v) is 16.7. The van der Waals surface area contributed by atoms with E-state index in [0.717, 1.165) is 55.7 Å². The maximum atomic E-state index is 13.6. The summed E-state index contributed by atoms with van der Waals surface area (Å²) in [6.07, 6.45) is 11.0. The minimum Gasteiger partial charge on any atom is -0.490 e. The van der Waals surface area contributed by atoms with Gasteiger partial charge in [0.25, 0.3) is 5.91 Å². The number of hydrogen-bond acceptors (Lipinski definition) is 7. The molecule has 0 aromatic heterocycles. The Morgan fingerprint density at radius 3 is 2.63 bits per heavy atom. The van der Waals surface area contributed by atoms with Gasteiger partial charge >= 0.3 is 5.97 Å². The predicted octanol–water partition coefficient (Wildman–Crippen LogP) is 6.21. The minimum absolute atomic E-state index is 0.134. The Bertz CT molecular complexity index is 1670. The van der Waals surface area contributed by atoms with Crippen molar-refractivity contribution in [2.45, 2.75) is 82.0 Å². The van der Waals surface area contributed by atoms with Crippen LogP contribution in [0.3, 0.4) is 0 Å². The van der Waals surface area contributed by atoms with E-state index in [1.54, 1.807) is 25.1 Å². The monoisotopic (exact) mass is 666 g/mol. The fourth-order valence-electron chi connectivity index (χ4n) is 8.43. The summed E-state index contributed by atoms with van der Waals surface area (Å²) in [7, 11) is -3.96. The Hall–Kier alpha value is -3.04. The average molecular weight is 667 g/mol. The van der Waals surface area contributed by atoms with E-state index in [9.17, 15) is 18.0 Å². The van der Waals surface area contributed by atoms with Gasteiger partial charge in [-0.15, -0.1) is 0 Å². The lowest BCUT2D eigenvalue weighted by Crippen LogP contribution is -2.50. The van der Waals surface area contributed by atoms with E-state index in [-0.39, 0.29) is 40.8 Å². The second kappa shape index (κ2) is 12.2. The highest BCUT2D eigenvalue weighted by Crippen LogP contribution is 2.47. The van der Waals surface area contributed by atoms with Crippen molar-refractivity contribution in [3.05, 3.63) is 70.3 Å². The SMILES string of the molecule is CC(=O)O[C@H]1/C=C/C[C@H](C2CC2)[C@H](C)S(=O)(=O)NC(=O)c2ccc3c(c2)N(CC2CC[C@@H]21)C[C@@]1(CCCc2cc(Cl)ccc21)CO3. The number of nitrogens with one attached hydrogen (secondary N) is 1. The first-order valence-electron chi connectivity index (χ1n) is 16.7. The molecule has 2 aromatic carbocycles. The lowest BCUT2D eigenvalue weighted by atomic mass is 9.68. The lowest BCUT2D eigenvalue weighted by molar-refractivity contribution is -0.149. The van der Waals surface area contributed by atoms with Gasteiger partial charge in [0.1, 0.15) is 11.9 Å². The summed E-state index contributed by atoms with van der Waals surface area (Å²) in [6.45, 7) is 5.00. The molecule has 2 aliphatic heterocycles. The maximum absolute atomic E-state index is 13.6. The van der Waals surface area contributed by atoms with E-state index in [4.69, 9.17) is 21.1 Å². The van der Waals surface area contributed by atoms with Gasteiger partial charge in [0.2, 0.25) is 10.0 Å². The highest BCUT2D eigenvalue weighted by atomic mass is 35.5. The third-order valence-corrected chi connectivity index (χ3v) is 13.3. The predicted molar refractivity (Wildman–Crippen MR) is 178 cm³/mol. The molecule has 2 saturated carbocycles. The number of sulfonamides is 1. The van der Waals surface area contributed by atoms with Gasteiger partial charge in [-0.05, 0) is 124 Å². The van der Waals surface area contributed by atoms with Gasteiger partial charge in [0.05, 0.1) is 17.5 Å². The first kappa shape index (κ1) is 31.6. The highest BCUT2D eigenvalue weighted by molar-refractivity contribution is 7.90. The molecule has 246 valence electrons. The minimum atomic E-state index is -3.96. The van der Waals surface area contributed by atoms with Crippen LogP contribution in [0, 0.1) is 23.7 Å². The molecule has 0 saturated heterocycles. The number of benzene rings is 2. The molecule has 2 fully saturated rings. The number of rotatable bonds is 2. The molecule has 3 aliphatic carbocycles. The Morgan fingerprint density at radius 2 is 1.89 bits per heavy atom. The molecule has 1 unspecified atom stereocenters. The molecule has 0 radical (unpaired) electrons. The fourth-order valence-corrected chi connectivity index (χ4v) is 9.98. The van der Waals surface area contributed by atoms with Crippen LogP contribution in [0.5, 0.6) is 5.75 Å². The van der Waals surface area contributed by atoms with Gasteiger partial charge < -0.3 is 14.4 Å². The number of anilines is 1. The van der Waals surface area contributed by atoms with E-state index in [1.165, 1.54) is 18.1 Å². The van der Waals surface area contributed by atoms with E-state index < -0.39 is 21.2 Å². The molecule has 10 heteroatoms. The van der Waals surface area contributed by atoms with Gasteiger partial charge in [-0.25, -0.2) is 13.1 Å². The van der Waals surface area contributed by atoms with Gasteiger partial charge in [0, 0.05) is 41.9 Å². The highest BCUT2D eigenvalue weighted by Gasteiger charge is 2.45. The molecule has 5 aliphatic rings. The molecule has 6 atom stereocenters. The van der Waals surface area contributed by atoms with Crippen LogP contribution in [0.4, 0.5) is 5.69 Å². The number of esters is 1. The molecule has 8 nitrogen and oxygen atoms in total. The number of ether oxygens (including phenoxy) is 2. The van der Waals surface area contributed by atoms with E-state index in [2.05, 4.69) is 21.8 Å². The van der Waals surface area contributed by atoms with Crippen LogP contribution in [-0.2, 0) is 31.4 Å². The second-order valence-electron chi connectivity index (χ2n) is 14.2. The Morgan fingerprint density at radius 1 is 1.09 bits per heavy atom. The number of aryl methyl sites for hydroxylation is 1. The topological polar surface area (TPSA) is 102 Å². The van der Waals surface area contributed by atoms with Gasteiger partial charge in [0.15, 0.2) is 0 Å². The number of hydrogen-bond donors (Lipinski definition) is 1. The first-order valence-corrected chi connectivity index (χ1v) is 18.7. The zero-order valence-corrected chi connectivity index (χ0v) is 28.1. The number of allylic oxidation sites excluding steroid dienone is 1. The Kier molecular flexibility index (Phi) is 8.37. The number of fused-ring (bicyclic) bond motifs is 4. The van der Waals surface area contributed by atoms with Crippen molar-refractivity contribution in [2.24, 2.45) is 23.7 Å². The third kappa shape index (κ3) is 6.05. The van der Waals surface area contributed by atoms with Crippen LogP contribution >= 0.6 is 11.6 Å². The van der Waals surface area contributed by atoms with Crippen molar-refractivity contribution in [2.75, 3.05) is 24.6 Å². The molecular weight excluding hydrogens is 624 g/mol. The van der Waals surface area contributed by atoms with E-state index >= 15 is 0 Å². The molecule has 1 spiro atoms.